The number of nitrogens with zero attached hydrogens (tertiary/aromatic N) is 6. The number of hydrogen-bond acceptors (Lipinski definition) is 9. The van der Waals surface area contributed by atoms with Gasteiger partial charge in [0.15, 0.2) is 0 Å². The summed E-state index contributed by atoms with van der Waals surface area (Å²) in [7, 11) is 0. The van der Waals surface area contributed by atoms with Gasteiger partial charge in [-0.2, -0.15) is 5.10 Å². The van der Waals surface area contributed by atoms with Gasteiger partial charge in [0.25, 0.3) is 0 Å². The smallest absolute Gasteiger partial charge is 0.229 e. The second-order valence-electron chi connectivity index (χ2n) is 8.72. The third-order valence-electron chi connectivity index (χ3n) is 6.21. The van der Waals surface area contributed by atoms with Crippen LogP contribution >= 0.6 is 11.5 Å². The van der Waals surface area contributed by atoms with Crippen molar-refractivity contribution in [3.63, 3.8) is 0 Å². The molecule has 4 aromatic rings. The highest BCUT2D eigenvalue weighted by Crippen LogP contribution is 2.34. The first-order chi connectivity index (χ1) is 16.6. The number of aromatic nitrogens is 6. The van der Waals surface area contributed by atoms with E-state index in [9.17, 15) is 5.11 Å². The molecule has 0 radical (unpaired) electrons. The standard InChI is InChI=1S/C24H27N7O2S/c1-15(2)20-11-21(28-27-20)17-7-9-31(10-8-17)23-19(12-32)24(26-14-25-23)33-18-5-3-16(4-6-18)22-13-34-30-29-22/h3-6,11,13-15,17,32H,7-10,12H2,1-2H3,(H,27,28). The van der Waals surface area contributed by atoms with E-state index in [0.29, 0.717) is 29.0 Å². The lowest BCUT2D eigenvalue weighted by Crippen LogP contribution is -2.34. The van der Waals surface area contributed by atoms with Crippen molar-refractivity contribution >= 4 is 17.4 Å². The fraction of sp³-hybridized carbons (Fsp3) is 0.375. The van der Waals surface area contributed by atoms with Gasteiger partial charge in [-0.3, -0.25) is 5.10 Å². The van der Waals surface area contributed by atoms with Crippen LogP contribution in [0.4, 0.5) is 5.82 Å². The minimum Gasteiger partial charge on any atom is -0.438 e. The SMILES string of the molecule is CC(C)c1cc(C2CCN(c3ncnc(Oc4ccc(-c5csnn5)cc4)c3CO)CC2)[nH]n1. The van der Waals surface area contributed by atoms with Gasteiger partial charge in [0, 0.05) is 35.6 Å². The van der Waals surface area contributed by atoms with Crippen LogP contribution in [0.1, 0.15) is 55.5 Å². The van der Waals surface area contributed by atoms with Gasteiger partial charge in [-0.1, -0.05) is 18.3 Å². The lowest BCUT2D eigenvalue weighted by Gasteiger charge is -2.33. The Hall–Kier alpha value is -3.37. The zero-order valence-electron chi connectivity index (χ0n) is 19.2. The molecule has 5 rings (SSSR count). The van der Waals surface area contributed by atoms with Crippen LogP contribution in [-0.2, 0) is 6.61 Å². The van der Waals surface area contributed by atoms with Crippen LogP contribution < -0.4 is 9.64 Å². The van der Waals surface area contributed by atoms with E-state index < -0.39 is 0 Å². The van der Waals surface area contributed by atoms with Gasteiger partial charge >= 0.3 is 0 Å². The average Bonchev–Trinajstić information content (AvgIpc) is 3.58. The third kappa shape index (κ3) is 4.64. The first kappa shape index (κ1) is 22.4. The Kier molecular flexibility index (Phi) is 6.50. The molecule has 1 aromatic carbocycles. The Morgan fingerprint density at radius 3 is 2.62 bits per heavy atom. The number of benzene rings is 1. The molecular weight excluding hydrogens is 450 g/mol. The predicted molar refractivity (Wildman–Crippen MR) is 130 cm³/mol. The maximum atomic E-state index is 10.1. The summed E-state index contributed by atoms with van der Waals surface area (Å²) in [6.07, 6.45) is 3.46. The largest absolute Gasteiger partial charge is 0.438 e. The van der Waals surface area contributed by atoms with E-state index in [0.717, 1.165) is 48.7 Å². The maximum absolute atomic E-state index is 10.1. The van der Waals surface area contributed by atoms with Crippen molar-refractivity contribution in [2.45, 2.75) is 45.1 Å². The summed E-state index contributed by atoms with van der Waals surface area (Å²) in [5.41, 5.74) is 4.70. The Labute approximate surface area is 202 Å². The minimum atomic E-state index is -0.202. The van der Waals surface area contributed by atoms with Crippen molar-refractivity contribution in [2.24, 2.45) is 0 Å². The molecule has 0 atom stereocenters. The fourth-order valence-corrected chi connectivity index (χ4v) is 4.71. The van der Waals surface area contributed by atoms with Crippen LogP contribution in [0, 0.1) is 0 Å². The molecule has 0 bridgehead atoms. The number of anilines is 1. The topological polar surface area (TPSA) is 113 Å². The van der Waals surface area contributed by atoms with E-state index in [1.807, 2.05) is 29.6 Å². The molecular formula is C24H27N7O2S. The number of rotatable bonds is 7. The van der Waals surface area contributed by atoms with Gasteiger partial charge < -0.3 is 14.7 Å². The predicted octanol–water partition coefficient (Wildman–Crippen LogP) is 4.51. The average molecular weight is 478 g/mol. The lowest BCUT2D eigenvalue weighted by atomic mass is 9.92. The molecule has 1 saturated heterocycles. The van der Waals surface area contributed by atoms with Crippen LogP contribution in [0.3, 0.4) is 0 Å². The van der Waals surface area contributed by atoms with Gasteiger partial charge in [-0.15, -0.1) is 5.10 Å². The van der Waals surface area contributed by atoms with Crippen LogP contribution in [0.2, 0.25) is 0 Å². The Bertz CT molecular complexity index is 1220. The first-order valence-electron chi connectivity index (χ1n) is 11.4. The van der Waals surface area contributed by atoms with Gasteiger partial charge in [-0.05, 0) is 60.6 Å². The summed E-state index contributed by atoms with van der Waals surface area (Å²) >= 11 is 1.32. The Morgan fingerprint density at radius 2 is 1.97 bits per heavy atom. The van der Waals surface area contributed by atoms with Crippen molar-refractivity contribution in [3.8, 4) is 22.9 Å². The molecule has 10 heteroatoms. The Balaban J connectivity index is 1.29. The molecule has 4 heterocycles. The number of H-pyrrole nitrogens is 1. The Morgan fingerprint density at radius 1 is 1.18 bits per heavy atom. The number of aliphatic hydroxyl groups excluding tert-OH is 1. The van der Waals surface area contributed by atoms with Crippen LogP contribution in [0.25, 0.3) is 11.3 Å². The van der Waals surface area contributed by atoms with E-state index in [1.54, 1.807) is 0 Å². The molecule has 0 unspecified atom stereocenters. The molecule has 1 aliphatic rings. The lowest BCUT2D eigenvalue weighted by molar-refractivity contribution is 0.274. The van der Waals surface area contributed by atoms with Gasteiger partial charge in [-0.25, -0.2) is 9.97 Å². The highest BCUT2D eigenvalue weighted by Gasteiger charge is 2.26. The van der Waals surface area contributed by atoms with Crippen LogP contribution in [-0.4, -0.2) is 47.9 Å². The number of hydrogen-bond donors (Lipinski definition) is 2. The summed E-state index contributed by atoms with van der Waals surface area (Å²) in [5.74, 6) is 2.58. The highest BCUT2D eigenvalue weighted by atomic mass is 32.1. The van der Waals surface area contributed by atoms with Crippen molar-refractivity contribution < 1.29 is 9.84 Å². The second-order valence-corrected chi connectivity index (χ2v) is 9.33. The highest BCUT2D eigenvalue weighted by molar-refractivity contribution is 7.03. The fourth-order valence-electron chi connectivity index (χ4n) is 4.24. The van der Waals surface area contributed by atoms with Crippen LogP contribution in [0.5, 0.6) is 11.6 Å². The van der Waals surface area contributed by atoms with E-state index in [1.165, 1.54) is 23.6 Å². The minimum absolute atomic E-state index is 0.202. The van der Waals surface area contributed by atoms with E-state index >= 15 is 0 Å². The van der Waals surface area contributed by atoms with Gasteiger partial charge in [0.05, 0.1) is 17.9 Å². The molecule has 9 nitrogen and oxygen atoms in total. The quantitative estimate of drug-likeness (QED) is 0.400. The van der Waals surface area contributed by atoms with Crippen molar-refractivity contribution in [2.75, 3.05) is 18.0 Å². The number of aromatic amines is 1. The molecule has 2 N–H and O–H groups in total. The zero-order chi connectivity index (χ0) is 23.5. The molecule has 1 fully saturated rings. The second kappa shape index (κ2) is 9.86. The molecule has 0 saturated carbocycles. The van der Waals surface area contributed by atoms with Crippen molar-refractivity contribution in [3.05, 3.63) is 59.0 Å². The maximum Gasteiger partial charge on any atom is 0.229 e. The van der Waals surface area contributed by atoms with Crippen molar-refractivity contribution in [1.82, 2.24) is 29.8 Å². The molecule has 0 spiro atoms. The van der Waals surface area contributed by atoms with E-state index in [4.69, 9.17) is 4.74 Å². The van der Waals surface area contributed by atoms with Gasteiger partial charge in [0.2, 0.25) is 5.88 Å². The summed E-state index contributed by atoms with van der Waals surface area (Å²) < 4.78 is 9.94. The molecule has 176 valence electrons. The molecule has 0 amide bonds. The molecule has 0 aliphatic carbocycles. The number of piperidine rings is 1. The number of ether oxygens (including phenoxy) is 1. The third-order valence-corrected chi connectivity index (χ3v) is 6.71. The summed E-state index contributed by atoms with van der Waals surface area (Å²) in [4.78, 5) is 11.0. The van der Waals surface area contributed by atoms with Gasteiger partial charge in [0.1, 0.15) is 23.6 Å². The summed E-state index contributed by atoms with van der Waals surface area (Å²) in [6, 6.07) is 9.77. The zero-order valence-corrected chi connectivity index (χ0v) is 20.0. The van der Waals surface area contributed by atoms with Crippen LogP contribution in [0.15, 0.2) is 42.0 Å². The van der Waals surface area contributed by atoms with E-state index in [-0.39, 0.29) is 6.61 Å². The molecule has 3 aromatic heterocycles. The van der Waals surface area contributed by atoms with E-state index in [2.05, 4.69) is 54.6 Å². The summed E-state index contributed by atoms with van der Waals surface area (Å²) in [6.45, 7) is 5.77. The number of nitrogens with one attached hydrogen (secondary N) is 1. The number of aliphatic hydroxyl groups is 1. The molecule has 34 heavy (non-hydrogen) atoms. The first-order valence-corrected chi connectivity index (χ1v) is 12.3. The molecule has 1 aliphatic heterocycles. The normalized spacial score (nSPS) is 14.6. The van der Waals surface area contributed by atoms with Crippen molar-refractivity contribution in [1.29, 1.82) is 0 Å². The summed E-state index contributed by atoms with van der Waals surface area (Å²) in [5, 5.41) is 23.8. The monoisotopic (exact) mass is 477 g/mol.